The fourth-order valence-electron chi connectivity index (χ4n) is 2.94. The van der Waals surface area contributed by atoms with E-state index < -0.39 is 0 Å². The molecule has 0 amide bonds. The number of aromatic nitrogens is 2. The molecule has 1 aliphatic carbocycles. The van der Waals surface area contributed by atoms with Crippen molar-refractivity contribution < 1.29 is 5.11 Å². The monoisotopic (exact) mass is 284 g/mol. The van der Waals surface area contributed by atoms with Crippen molar-refractivity contribution >= 4 is 11.6 Å². The molecule has 1 saturated carbocycles. The zero-order valence-corrected chi connectivity index (χ0v) is 13.0. The molecule has 0 saturated heterocycles. The summed E-state index contributed by atoms with van der Waals surface area (Å²) >= 11 is 6.46. The number of aliphatic hydroxyl groups is 1. The number of halogens is 1. The minimum Gasteiger partial charge on any atom is -0.391 e. The largest absolute Gasteiger partial charge is 0.391 e. The van der Waals surface area contributed by atoms with E-state index in [2.05, 4.69) is 20.8 Å². The van der Waals surface area contributed by atoms with Gasteiger partial charge in [-0.05, 0) is 12.8 Å². The van der Waals surface area contributed by atoms with Crippen molar-refractivity contribution in [2.24, 2.45) is 0 Å². The standard InChI is InChI=1S/C15H25ClN2O/c1-15(2,3)13-12(10-19)14(16)18(17-13)11-8-6-4-5-7-9-11/h11,19H,4-10H2,1-3H3. The molecular weight excluding hydrogens is 260 g/mol. The highest BCUT2D eigenvalue weighted by atomic mass is 35.5. The van der Waals surface area contributed by atoms with Crippen LogP contribution in [0, 0.1) is 0 Å². The molecule has 4 heteroatoms. The summed E-state index contributed by atoms with van der Waals surface area (Å²) in [6.07, 6.45) is 7.43. The summed E-state index contributed by atoms with van der Waals surface area (Å²) in [6.45, 7) is 6.31. The van der Waals surface area contributed by atoms with E-state index in [1.807, 2.05) is 4.68 Å². The Morgan fingerprint density at radius 3 is 2.21 bits per heavy atom. The van der Waals surface area contributed by atoms with E-state index in [1.165, 1.54) is 25.7 Å². The third-order valence-corrected chi connectivity index (χ3v) is 4.38. The van der Waals surface area contributed by atoms with Crippen molar-refractivity contribution in [1.82, 2.24) is 9.78 Å². The Bertz CT molecular complexity index is 426. The van der Waals surface area contributed by atoms with E-state index >= 15 is 0 Å². The van der Waals surface area contributed by atoms with Gasteiger partial charge in [-0.2, -0.15) is 5.10 Å². The second-order valence-electron chi connectivity index (χ2n) is 6.62. The molecule has 3 nitrogen and oxygen atoms in total. The average molecular weight is 285 g/mol. The quantitative estimate of drug-likeness (QED) is 0.826. The van der Waals surface area contributed by atoms with E-state index in [1.54, 1.807) is 0 Å². The Kier molecular flexibility index (Phi) is 4.57. The maximum absolute atomic E-state index is 9.59. The minimum atomic E-state index is -0.0856. The van der Waals surface area contributed by atoms with Gasteiger partial charge in [0.2, 0.25) is 0 Å². The van der Waals surface area contributed by atoms with Crippen molar-refractivity contribution in [1.29, 1.82) is 0 Å². The Morgan fingerprint density at radius 2 is 1.79 bits per heavy atom. The van der Waals surface area contributed by atoms with Gasteiger partial charge in [0.1, 0.15) is 5.15 Å². The molecule has 108 valence electrons. The van der Waals surface area contributed by atoms with Gasteiger partial charge in [0.15, 0.2) is 0 Å². The zero-order valence-electron chi connectivity index (χ0n) is 12.2. The lowest BCUT2D eigenvalue weighted by Gasteiger charge is -2.18. The van der Waals surface area contributed by atoms with Crippen LogP contribution in [0.2, 0.25) is 5.15 Å². The van der Waals surface area contributed by atoms with Gasteiger partial charge in [-0.15, -0.1) is 0 Å². The molecule has 1 heterocycles. The molecule has 1 aliphatic rings. The molecule has 1 aromatic rings. The first kappa shape index (κ1) is 14.9. The zero-order chi connectivity index (χ0) is 14.0. The van der Waals surface area contributed by atoms with E-state index in [-0.39, 0.29) is 12.0 Å². The molecule has 0 bridgehead atoms. The van der Waals surface area contributed by atoms with Gasteiger partial charge in [0.25, 0.3) is 0 Å². The van der Waals surface area contributed by atoms with Gasteiger partial charge in [-0.1, -0.05) is 58.1 Å². The molecule has 19 heavy (non-hydrogen) atoms. The Labute approximate surface area is 121 Å². The molecule has 0 unspecified atom stereocenters. The van der Waals surface area contributed by atoms with E-state index in [0.29, 0.717) is 11.2 Å². The number of hydrogen-bond donors (Lipinski definition) is 1. The van der Waals surface area contributed by atoms with Crippen LogP contribution in [0.15, 0.2) is 0 Å². The van der Waals surface area contributed by atoms with Crippen LogP contribution in [-0.2, 0) is 12.0 Å². The molecule has 0 aromatic carbocycles. The summed E-state index contributed by atoms with van der Waals surface area (Å²) in [7, 11) is 0. The Morgan fingerprint density at radius 1 is 1.21 bits per heavy atom. The molecule has 1 aromatic heterocycles. The van der Waals surface area contributed by atoms with Crippen LogP contribution in [0.25, 0.3) is 0 Å². The highest BCUT2D eigenvalue weighted by Gasteiger charge is 2.28. The Balaban J connectivity index is 2.38. The van der Waals surface area contributed by atoms with Gasteiger partial charge in [0, 0.05) is 11.0 Å². The number of rotatable bonds is 2. The van der Waals surface area contributed by atoms with Gasteiger partial charge in [-0.3, -0.25) is 4.68 Å². The topological polar surface area (TPSA) is 38.0 Å². The molecule has 0 spiro atoms. The van der Waals surface area contributed by atoms with Crippen molar-refractivity contribution in [2.45, 2.75) is 77.4 Å². The summed E-state index contributed by atoms with van der Waals surface area (Å²) in [5.41, 5.74) is 1.65. The minimum absolute atomic E-state index is 0.0296. The molecule has 1 fully saturated rings. The van der Waals surface area contributed by atoms with Gasteiger partial charge in [0.05, 0.1) is 18.3 Å². The van der Waals surface area contributed by atoms with Crippen molar-refractivity contribution in [2.75, 3.05) is 0 Å². The average Bonchev–Trinajstić information content (AvgIpc) is 2.53. The Hall–Kier alpha value is -0.540. The van der Waals surface area contributed by atoms with Crippen molar-refractivity contribution in [3.63, 3.8) is 0 Å². The predicted molar refractivity (Wildman–Crippen MR) is 78.6 cm³/mol. The summed E-state index contributed by atoms with van der Waals surface area (Å²) in [5, 5.41) is 15.0. The van der Waals surface area contributed by atoms with Crippen LogP contribution in [0.4, 0.5) is 0 Å². The lowest BCUT2D eigenvalue weighted by molar-refractivity contribution is 0.278. The number of nitrogens with zero attached hydrogens (tertiary/aromatic N) is 2. The molecular formula is C15H25ClN2O. The fourth-order valence-corrected chi connectivity index (χ4v) is 3.26. The first-order valence-corrected chi connectivity index (χ1v) is 7.71. The summed E-state index contributed by atoms with van der Waals surface area (Å²) in [5.74, 6) is 0. The van der Waals surface area contributed by atoms with Gasteiger partial charge in [-0.25, -0.2) is 0 Å². The van der Waals surface area contributed by atoms with Crippen LogP contribution in [-0.4, -0.2) is 14.9 Å². The van der Waals surface area contributed by atoms with Crippen molar-refractivity contribution in [3.05, 3.63) is 16.4 Å². The summed E-state index contributed by atoms with van der Waals surface area (Å²) < 4.78 is 1.97. The second-order valence-corrected chi connectivity index (χ2v) is 6.97. The van der Waals surface area contributed by atoms with Crippen LogP contribution in [0.5, 0.6) is 0 Å². The molecule has 0 aliphatic heterocycles. The summed E-state index contributed by atoms with van der Waals surface area (Å²) in [4.78, 5) is 0. The molecule has 0 atom stereocenters. The van der Waals surface area contributed by atoms with Crippen LogP contribution in [0.3, 0.4) is 0 Å². The number of aliphatic hydroxyl groups excluding tert-OH is 1. The highest BCUT2D eigenvalue weighted by molar-refractivity contribution is 6.30. The van der Waals surface area contributed by atoms with E-state index in [4.69, 9.17) is 16.7 Å². The first-order chi connectivity index (χ1) is 8.95. The van der Waals surface area contributed by atoms with Crippen LogP contribution >= 0.6 is 11.6 Å². The van der Waals surface area contributed by atoms with E-state index in [0.717, 1.165) is 24.1 Å². The lowest BCUT2D eigenvalue weighted by Crippen LogP contribution is -2.16. The maximum atomic E-state index is 9.59. The normalized spacial score (nSPS) is 18.6. The third-order valence-electron chi connectivity index (χ3n) is 3.98. The third kappa shape index (κ3) is 3.14. The number of hydrogen-bond acceptors (Lipinski definition) is 2. The second kappa shape index (κ2) is 5.84. The molecule has 0 radical (unpaired) electrons. The maximum Gasteiger partial charge on any atom is 0.133 e. The highest BCUT2D eigenvalue weighted by Crippen LogP contribution is 2.35. The molecule has 2 rings (SSSR count). The van der Waals surface area contributed by atoms with Gasteiger partial charge >= 0.3 is 0 Å². The van der Waals surface area contributed by atoms with Crippen molar-refractivity contribution in [3.8, 4) is 0 Å². The summed E-state index contributed by atoms with van der Waals surface area (Å²) in [6, 6.07) is 0.399. The van der Waals surface area contributed by atoms with Crippen LogP contribution < -0.4 is 0 Å². The van der Waals surface area contributed by atoms with Crippen LogP contribution in [0.1, 0.15) is 76.6 Å². The smallest absolute Gasteiger partial charge is 0.133 e. The van der Waals surface area contributed by atoms with Gasteiger partial charge < -0.3 is 5.11 Å². The first-order valence-electron chi connectivity index (χ1n) is 7.33. The SMILES string of the molecule is CC(C)(C)c1nn(C2CCCCCC2)c(Cl)c1CO. The predicted octanol–water partition coefficient (Wildman–Crippen LogP) is 4.22. The lowest BCUT2D eigenvalue weighted by atomic mass is 9.90. The van der Waals surface area contributed by atoms with E-state index in [9.17, 15) is 5.11 Å². The fraction of sp³-hybridized carbons (Fsp3) is 0.800. The molecule has 1 N–H and O–H groups in total.